The lowest BCUT2D eigenvalue weighted by atomic mass is 10.3. The number of rotatable bonds is 6. The third-order valence-corrected chi connectivity index (χ3v) is 2.32. The van der Waals surface area contributed by atoms with E-state index in [-0.39, 0.29) is 6.10 Å². The van der Waals surface area contributed by atoms with Crippen LogP contribution < -0.4 is 5.73 Å². The van der Waals surface area contributed by atoms with E-state index in [1.807, 2.05) is 11.8 Å². The van der Waals surface area contributed by atoms with Crippen LogP contribution in [-0.2, 0) is 4.74 Å². The van der Waals surface area contributed by atoms with Crippen molar-refractivity contribution in [3.8, 4) is 0 Å². The molecule has 0 spiro atoms. The van der Waals surface area contributed by atoms with E-state index in [2.05, 4.69) is 6.92 Å². The minimum absolute atomic E-state index is 0.263. The van der Waals surface area contributed by atoms with Crippen molar-refractivity contribution < 1.29 is 4.74 Å². The largest absolute Gasteiger partial charge is 0.380 e. The first-order chi connectivity index (χ1) is 4.85. The lowest BCUT2D eigenvalue weighted by Gasteiger charge is -2.11. The number of hydrogen-bond donors (Lipinski definition) is 1. The van der Waals surface area contributed by atoms with Gasteiger partial charge in [0.1, 0.15) is 0 Å². The van der Waals surface area contributed by atoms with Crippen LogP contribution in [0.3, 0.4) is 0 Å². The van der Waals surface area contributed by atoms with Gasteiger partial charge in [-0.3, -0.25) is 0 Å². The van der Waals surface area contributed by atoms with Crippen molar-refractivity contribution in [2.75, 3.05) is 25.2 Å². The molecule has 0 saturated carbocycles. The average molecular weight is 163 g/mol. The zero-order chi connectivity index (χ0) is 7.82. The van der Waals surface area contributed by atoms with E-state index < -0.39 is 0 Å². The normalized spacial score (nSPS) is 13.5. The molecular weight excluding hydrogens is 146 g/mol. The standard InChI is InChI=1S/C7H17NOS/c1-3-10-5-4-7(6-8)9-2/h7H,3-6,8H2,1-2H3. The first kappa shape index (κ1) is 10.3. The van der Waals surface area contributed by atoms with Gasteiger partial charge in [0.2, 0.25) is 0 Å². The van der Waals surface area contributed by atoms with Crippen LogP contribution >= 0.6 is 11.8 Å². The molecule has 0 aliphatic heterocycles. The van der Waals surface area contributed by atoms with Gasteiger partial charge in [0.05, 0.1) is 6.10 Å². The zero-order valence-corrected chi connectivity index (χ0v) is 7.62. The van der Waals surface area contributed by atoms with E-state index >= 15 is 0 Å². The number of methoxy groups -OCH3 is 1. The summed E-state index contributed by atoms with van der Waals surface area (Å²) in [6.07, 6.45) is 1.34. The van der Waals surface area contributed by atoms with Crippen LogP contribution in [0.15, 0.2) is 0 Å². The van der Waals surface area contributed by atoms with Crippen LogP contribution in [0.25, 0.3) is 0 Å². The van der Waals surface area contributed by atoms with Gasteiger partial charge in [0, 0.05) is 13.7 Å². The maximum atomic E-state index is 5.43. The van der Waals surface area contributed by atoms with Crippen molar-refractivity contribution in [3.63, 3.8) is 0 Å². The molecule has 0 radical (unpaired) electrons. The highest BCUT2D eigenvalue weighted by Crippen LogP contribution is 2.04. The summed E-state index contributed by atoms with van der Waals surface area (Å²) in [5.74, 6) is 2.34. The van der Waals surface area contributed by atoms with E-state index in [9.17, 15) is 0 Å². The maximum Gasteiger partial charge on any atom is 0.0701 e. The molecule has 0 aliphatic rings. The number of thioether (sulfide) groups is 1. The topological polar surface area (TPSA) is 35.2 Å². The number of hydrogen-bond acceptors (Lipinski definition) is 3. The molecule has 0 aliphatic carbocycles. The Hall–Kier alpha value is 0.270. The van der Waals surface area contributed by atoms with Crippen molar-refractivity contribution >= 4 is 11.8 Å². The first-order valence-electron chi connectivity index (χ1n) is 3.65. The van der Waals surface area contributed by atoms with Crippen molar-refractivity contribution in [2.45, 2.75) is 19.4 Å². The fourth-order valence-corrected chi connectivity index (χ4v) is 1.41. The lowest BCUT2D eigenvalue weighted by Crippen LogP contribution is -2.22. The Bertz CT molecular complexity index is 66.6. The Morgan fingerprint density at radius 3 is 2.70 bits per heavy atom. The van der Waals surface area contributed by atoms with Gasteiger partial charge in [-0.05, 0) is 17.9 Å². The quantitative estimate of drug-likeness (QED) is 0.596. The van der Waals surface area contributed by atoms with E-state index in [1.165, 1.54) is 5.75 Å². The monoisotopic (exact) mass is 163 g/mol. The minimum atomic E-state index is 0.263. The van der Waals surface area contributed by atoms with Crippen LogP contribution in [0.5, 0.6) is 0 Å². The summed E-state index contributed by atoms with van der Waals surface area (Å²) in [7, 11) is 1.72. The van der Waals surface area contributed by atoms with Gasteiger partial charge in [-0.25, -0.2) is 0 Å². The smallest absolute Gasteiger partial charge is 0.0701 e. The van der Waals surface area contributed by atoms with E-state index in [1.54, 1.807) is 7.11 Å². The molecule has 62 valence electrons. The highest BCUT2D eigenvalue weighted by atomic mass is 32.2. The Balaban J connectivity index is 3.09. The number of ether oxygens (including phenoxy) is 1. The molecule has 0 heterocycles. The van der Waals surface area contributed by atoms with Crippen molar-refractivity contribution in [3.05, 3.63) is 0 Å². The molecule has 0 aromatic heterocycles. The zero-order valence-electron chi connectivity index (χ0n) is 6.80. The molecule has 2 N–H and O–H groups in total. The molecule has 1 unspecified atom stereocenters. The van der Waals surface area contributed by atoms with Crippen LogP contribution in [0, 0.1) is 0 Å². The second kappa shape index (κ2) is 7.38. The van der Waals surface area contributed by atoms with Crippen molar-refractivity contribution in [2.24, 2.45) is 5.73 Å². The fraction of sp³-hybridized carbons (Fsp3) is 1.00. The van der Waals surface area contributed by atoms with Crippen molar-refractivity contribution in [1.82, 2.24) is 0 Å². The molecule has 0 amide bonds. The van der Waals surface area contributed by atoms with Crippen molar-refractivity contribution in [1.29, 1.82) is 0 Å². The highest BCUT2D eigenvalue weighted by molar-refractivity contribution is 7.99. The number of nitrogens with two attached hydrogens (primary N) is 1. The summed E-state index contributed by atoms with van der Waals surface area (Å²) in [6, 6.07) is 0. The molecule has 0 saturated heterocycles. The molecule has 3 heteroatoms. The maximum absolute atomic E-state index is 5.43. The summed E-state index contributed by atoms with van der Waals surface area (Å²) in [5, 5.41) is 0. The first-order valence-corrected chi connectivity index (χ1v) is 4.81. The molecule has 0 aromatic carbocycles. The molecule has 0 rings (SSSR count). The second-order valence-electron chi connectivity index (χ2n) is 2.08. The van der Waals surface area contributed by atoms with E-state index in [4.69, 9.17) is 10.5 Å². The van der Waals surface area contributed by atoms with Crippen LogP contribution in [0.4, 0.5) is 0 Å². The Morgan fingerprint density at radius 2 is 2.30 bits per heavy atom. The average Bonchev–Trinajstić information content (AvgIpc) is 1.99. The van der Waals surface area contributed by atoms with Gasteiger partial charge in [-0.1, -0.05) is 6.92 Å². The van der Waals surface area contributed by atoms with E-state index in [0.717, 1.165) is 12.2 Å². The Kier molecular flexibility index (Phi) is 7.58. The van der Waals surface area contributed by atoms with Gasteiger partial charge in [-0.15, -0.1) is 0 Å². The predicted octanol–water partition coefficient (Wildman–Crippen LogP) is 1.10. The van der Waals surface area contributed by atoms with E-state index in [0.29, 0.717) is 6.54 Å². The summed E-state index contributed by atoms with van der Waals surface area (Å²) < 4.78 is 5.11. The Labute approximate surface area is 67.5 Å². The van der Waals surface area contributed by atoms with Gasteiger partial charge in [0.15, 0.2) is 0 Å². The summed E-state index contributed by atoms with van der Waals surface area (Å²) in [5.41, 5.74) is 5.43. The van der Waals surface area contributed by atoms with Gasteiger partial charge in [-0.2, -0.15) is 11.8 Å². The molecule has 0 bridgehead atoms. The van der Waals surface area contributed by atoms with Crippen LogP contribution in [0.1, 0.15) is 13.3 Å². The van der Waals surface area contributed by atoms with Crippen LogP contribution in [-0.4, -0.2) is 31.3 Å². The third kappa shape index (κ3) is 5.09. The minimum Gasteiger partial charge on any atom is -0.380 e. The molecule has 1 atom stereocenters. The molecular formula is C7H17NOS. The summed E-state index contributed by atoms with van der Waals surface area (Å²) in [4.78, 5) is 0. The lowest BCUT2D eigenvalue weighted by molar-refractivity contribution is 0.107. The fourth-order valence-electron chi connectivity index (χ4n) is 0.691. The molecule has 0 fully saturated rings. The van der Waals surface area contributed by atoms with Gasteiger partial charge >= 0.3 is 0 Å². The second-order valence-corrected chi connectivity index (χ2v) is 3.47. The van der Waals surface area contributed by atoms with Gasteiger partial charge in [0.25, 0.3) is 0 Å². The van der Waals surface area contributed by atoms with Gasteiger partial charge < -0.3 is 10.5 Å². The molecule has 10 heavy (non-hydrogen) atoms. The molecule has 2 nitrogen and oxygen atoms in total. The third-order valence-electron chi connectivity index (χ3n) is 1.38. The summed E-state index contributed by atoms with van der Waals surface area (Å²) in [6.45, 7) is 2.80. The van der Waals surface area contributed by atoms with Crippen LogP contribution in [0.2, 0.25) is 0 Å². The summed E-state index contributed by atoms with van der Waals surface area (Å²) >= 11 is 1.93. The highest BCUT2D eigenvalue weighted by Gasteiger charge is 2.02. The molecule has 0 aromatic rings. The predicted molar refractivity (Wildman–Crippen MR) is 47.5 cm³/mol. The SMILES string of the molecule is CCSCCC(CN)OC. The Morgan fingerprint density at radius 1 is 1.60 bits per heavy atom.